The fourth-order valence-corrected chi connectivity index (χ4v) is 4.48. The molecule has 154 valence electrons. The lowest BCUT2D eigenvalue weighted by molar-refractivity contribution is -0.115. The predicted octanol–water partition coefficient (Wildman–Crippen LogP) is 0.427. The number of nitrogens with zero attached hydrogens (tertiary/aromatic N) is 4. The van der Waals surface area contributed by atoms with Crippen molar-refractivity contribution in [2.45, 2.75) is 11.6 Å². The van der Waals surface area contributed by atoms with Crippen LogP contribution in [0, 0.1) is 0 Å². The van der Waals surface area contributed by atoms with Crippen molar-refractivity contribution in [1.82, 2.24) is 18.7 Å². The number of benzene rings is 1. The summed E-state index contributed by atoms with van der Waals surface area (Å²) < 4.78 is 28.7. The lowest BCUT2D eigenvalue weighted by atomic mass is 10.3. The Labute approximate surface area is 170 Å². The SMILES string of the molecule is Cn1c(=O)c2nc(S(=O)(=O)CCC(=O)Nc3ccccc3Cl)n(C)c2n(C)c1=O. The molecule has 0 radical (unpaired) electrons. The van der Waals surface area contributed by atoms with E-state index in [0.717, 1.165) is 9.13 Å². The summed E-state index contributed by atoms with van der Waals surface area (Å²) in [6.45, 7) is 0. The fourth-order valence-electron chi connectivity index (χ4n) is 2.93. The van der Waals surface area contributed by atoms with Crippen LogP contribution in [-0.4, -0.2) is 38.8 Å². The van der Waals surface area contributed by atoms with E-state index >= 15 is 0 Å². The Morgan fingerprint density at radius 3 is 2.41 bits per heavy atom. The van der Waals surface area contributed by atoms with Gasteiger partial charge >= 0.3 is 5.69 Å². The maximum absolute atomic E-state index is 12.8. The van der Waals surface area contributed by atoms with Crippen LogP contribution < -0.4 is 16.6 Å². The number of para-hydroxylation sites is 1. The summed E-state index contributed by atoms with van der Waals surface area (Å²) in [5.41, 5.74) is -0.989. The summed E-state index contributed by atoms with van der Waals surface area (Å²) in [6.07, 6.45) is -0.340. The van der Waals surface area contributed by atoms with E-state index < -0.39 is 37.9 Å². The maximum atomic E-state index is 12.8. The number of carbonyl (C=O) groups excluding carboxylic acids is 1. The molecule has 0 saturated heterocycles. The number of aromatic nitrogens is 4. The van der Waals surface area contributed by atoms with Gasteiger partial charge in [0.15, 0.2) is 11.2 Å². The van der Waals surface area contributed by atoms with Gasteiger partial charge in [0.1, 0.15) is 0 Å². The summed E-state index contributed by atoms with van der Waals surface area (Å²) in [4.78, 5) is 40.5. The number of aryl methyl sites for hydroxylation is 2. The average molecular weight is 440 g/mol. The normalized spacial score (nSPS) is 11.7. The zero-order valence-corrected chi connectivity index (χ0v) is 17.4. The molecule has 0 aliphatic carbocycles. The number of sulfone groups is 1. The number of nitrogens with one attached hydrogen (secondary N) is 1. The van der Waals surface area contributed by atoms with Crippen LogP contribution in [0.25, 0.3) is 11.2 Å². The molecule has 29 heavy (non-hydrogen) atoms. The van der Waals surface area contributed by atoms with Crippen molar-refractivity contribution in [3.8, 4) is 0 Å². The largest absolute Gasteiger partial charge is 0.332 e. The first kappa shape index (κ1) is 20.8. The Balaban J connectivity index is 1.90. The van der Waals surface area contributed by atoms with E-state index in [4.69, 9.17) is 11.6 Å². The van der Waals surface area contributed by atoms with Crippen LogP contribution in [0.5, 0.6) is 0 Å². The quantitative estimate of drug-likeness (QED) is 0.614. The number of imidazole rings is 1. The fraction of sp³-hybridized carbons (Fsp3) is 0.294. The minimum Gasteiger partial charge on any atom is -0.325 e. The zero-order valence-electron chi connectivity index (χ0n) is 15.8. The summed E-state index contributed by atoms with van der Waals surface area (Å²) in [6, 6.07) is 6.57. The maximum Gasteiger partial charge on any atom is 0.332 e. The molecule has 0 bridgehead atoms. The number of anilines is 1. The molecule has 0 saturated carbocycles. The molecule has 0 atom stereocenters. The van der Waals surface area contributed by atoms with Crippen LogP contribution >= 0.6 is 11.6 Å². The van der Waals surface area contributed by atoms with E-state index in [-0.39, 0.29) is 17.6 Å². The zero-order chi connectivity index (χ0) is 21.5. The van der Waals surface area contributed by atoms with Gasteiger partial charge in [-0.1, -0.05) is 23.7 Å². The summed E-state index contributed by atoms with van der Waals surface area (Å²) in [5.74, 6) is -1.07. The van der Waals surface area contributed by atoms with Crippen molar-refractivity contribution in [3.05, 3.63) is 50.1 Å². The number of halogens is 1. The standard InChI is InChI=1S/C17H18ClN5O5S/c1-21-14-13(15(25)23(3)17(26)22(14)2)20-16(21)29(27,28)9-8-12(24)19-11-7-5-4-6-10(11)18/h4-7H,8-9H2,1-3H3,(H,19,24). The third-order valence-corrected chi connectivity index (χ3v) is 6.44. The number of amides is 1. The van der Waals surface area contributed by atoms with Gasteiger partial charge in [-0.25, -0.2) is 18.2 Å². The molecule has 2 aromatic heterocycles. The third kappa shape index (κ3) is 3.70. The van der Waals surface area contributed by atoms with Gasteiger partial charge < -0.3 is 9.88 Å². The van der Waals surface area contributed by atoms with E-state index in [2.05, 4.69) is 10.3 Å². The van der Waals surface area contributed by atoms with E-state index in [1.54, 1.807) is 24.3 Å². The van der Waals surface area contributed by atoms with Crippen LogP contribution in [0.1, 0.15) is 6.42 Å². The van der Waals surface area contributed by atoms with Gasteiger partial charge in [0, 0.05) is 27.6 Å². The number of rotatable bonds is 5. The van der Waals surface area contributed by atoms with E-state index in [0.29, 0.717) is 10.7 Å². The highest BCUT2D eigenvalue weighted by atomic mass is 35.5. The first-order chi connectivity index (χ1) is 13.5. The topological polar surface area (TPSA) is 125 Å². The molecule has 0 aliphatic rings. The predicted molar refractivity (Wildman–Crippen MR) is 108 cm³/mol. The highest BCUT2D eigenvalue weighted by Crippen LogP contribution is 2.21. The van der Waals surface area contributed by atoms with Crippen molar-refractivity contribution in [1.29, 1.82) is 0 Å². The molecule has 2 heterocycles. The summed E-state index contributed by atoms with van der Waals surface area (Å²) in [5, 5.41) is 2.48. The minimum absolute atomic E-state index is 0.0807. The van der Waals surface area contributed by atoms with E-state index in [1.165, 1.54) is 25.7 Å². The second kappa shape index (κ2) is 7.48. The van der Waals surface area contributed by atoms with Crippen LogP contribution in [0.15, 0.2) is 39.0 Å². The molecule has 0 spiro atoms. The lowest BCUT2D eigenvalue weighted by Gasteiger charge is -2.08. The highest BCUT2D eigenvalue weighted by Gasteiger charge is 2.26. The Bertz CT molecular complexity index is 1350. The van der Waals surface area contributed by atoms with Gasteiger partial charge in [-0.3, -0.25) is 18.7 Å². The van der Waals surface area contributed by atoms with Gasteiger partial charge in [-0.15, -0.1) is 0 Å². The van der Waals surface area contributed by atoms with Crippen LogP contribution in [-0.2, 0) is 35.8 Å². The van der Waals surface area contributed by atoms with Gasteiger partial charge in [-0.2, -0.15) is 0 Å². The average Bonchev–Trinajstić information content (AvgIpc) is 3.03. The smallest absolute Gasteiger partial charge is 0.325 e. The first-order valence-electron chi connectivity index (χ1n) is 8.44. The Kier molecular flexibility index (Phi) is 5.37. The molecular formula is C17H18ClN5O5S. The van der Waals surface area contributed by atoms with Gasteiger partial charge in [0.25, 0.3) is 5.56 Å². The number of fused-ring (bicyclic) bond motifs is 1. The van der Waals surface area contributed by atoms with Crippen molar-refractivity contribution in [2.24, 2.45) is 21.1 Å². The number of hydrogen-bond donors (Lipinski definition) is 1. The van der Waals surface area contributed by atoms with Crippen LogP contribution in [0.2, 0.25) is 5.02 Å². The second-order valence-electron chi connectivity index (χ2n) is 6.43. The van der Waals surface area contributed by atoms with Crippen LogP contribution in [0.3, 0.4) is 0 Å². The summed E-state index contributed by atoms with van der Waals surface area (Å²) in [7, 11) is 0.0784. The van der Waals surface area contributed by atoms with Crippen molar-refractivity contribution >= 4 is 44.2 Å². The Hall–Kier alpha value is -2.92. The van der Waals surface area contributed by atoms with Gasteiger partial charge in [0.2, 0.25) is 20.9 Å². The molecule has 1 amide bonds. The molecule has 10 nitrogen and oxygen atoms in total. The molecule has 3 rings (SSSR count). The molecule has 0 aliphatic heterocycles. The molecule has 1 aromatic carbocycles. The molecular weight excluding hydrogens is 422 g/mol. The monoisotopic (exact) mass is 439 g/mol. The molecule has 0 fully saturated rings. The van der Waals surface area contributed by atoms with E-state index in [9.17, 15) is 22.8 Å². The highest BCUT2D eigenvalue weighted by molar-refractivity contribution is 7.91. The van der Waals surface area contributed by atoms with Crippen LogP contribution in [0.4, 0.5) is 5.69 Å². The van der Waals surface area contributed by atoms with Gasteiger partial charge in [0.05, 0.1) is 16.5 Å². The van der Waals surface area contributed by atoms with Crippen molar-refractivity contribution in [3.63, 3.8) is 0 Å². The van der Waals surface area contributed by atoms with Gasteiger partial charge in [-0.05, 0) is 12.1 Å². The molecule has 1 N–H and O–H groups in total. The molecule has 0 unspecified atom stereocenters. The molecule has 3 aromatic rings. The Morgan fingerprint density at radius 2 is 1.76 bits per heavy atom. The van der Waals surface area contributed by atoms with Crippen molar-refractivity contribution in [2.75, 3.05) is 11.1 Å². The first-order valence-corrected chi connectivity index (χ1v) is 10.5. The van der Waals surface area contributed by atoms with Crippen molar-refractivity contribution < 1.29 is 13.2 Å². The number of hydrogen-bond acceptors (Lipinski definition) is 6. The Morgan fingerprint density at radius 1 is 1.10 bits per heavy atom. The number of carbonyl (C=O) groups is 1. The minimum atomic E-state index is -4.01. The third-order valence-electron chi connectivity index (χ3n) is 4.45. The molecule has 12 heteroatoms. The second-order valence-corrected chi connectivity index (χ2v) is 8.84. The van der Waals surface area contributed by atoms with E-state index in [1.807, 2.05) is 0 Å². The lowest BCUT2D eigenvalue weighted by Crippen LogP contribution is -2.37. The summed E-state index contributed by atoms with van der Waals surface area (Å²) >= 11 is 5.97.